The van der Waals surface area contributed by atoms with Gasteiger partial charge >= 0.3 is 317 Å². The molecule has 53 heavy (non-hydrogen) atoms. The smallest absolute Gasteiger partial charge is 1.00 e. The van der Waals surface area contributed by atoms with Crippen molar-refractivity contribution in [3.63, 3.8) is 0 Å². The number of hydrogen-bond acceptors (Lipinski definition) is 0. The van der Waals surface area contributed by atoms with Crippen molar-refractivity contribution in [2.45, 2.75) is 96.5 Å². The predicted molar refractivity (Wildman–Crippen MR) is 217 cm³/mol. The summed E-state index contributed by atoms with van der Waals surface area (Å²) in [5.74, 6) is 0.419. The first-order chi connectivity index (χ1) is 24.2. The Morgan fingerprint density at radius 3 is 1.47 bits per heavy atom. The van der Waals surface area contributed by atoms with Gasteiger partial charge in [-0.15, -0.1) is 0 Å². The molecule has 4 aliphatic rings. The second-order valence-corrected chi connectivity index (χ2v) is 24.2. The van der Waals surface area contributed by atoms with Crippen LogP contribution in [-0.2, 0) is 32.1 Å². The number of rotatable bonds is 4. The van der Waals surface area contributed by atoms with Crippen LogP contribution >= 0.6 is 0 Å². The molecule has 0 aromatic heterocycles. The van der Waals surface area contributed by atoms with Gasteiger partial charge in [0, 0.05) is 0 Å². The summed E-state index contributed by atoms with van der Waals surface area (Å²) in [4.78, 5) is 0. The van der Waals surface area contributed by atoms with Gasteiger partial charge in [0.15, 0.2) is 0 Å². The molecule has 0 bridgehead atoms. The van der Waals surface area contributed by atoms with E-state index in [2.05, 4.69) is 178 Å². The molecule has 0 heterocycles. The van der Waals surface area contributed by atoms with Gasteiger partial charge in [0.2, 0.25) is 0 Å². The SMILES string of the molecule is CC1=CCC(C)(C)c2cc3c(cc21)-c1cc2c(cc1[CH]3[Zr+2]([C]1=CC(C(C)(C)C)=CC1C)=[C](c1ccccc1)c1ccccc1)C(C)(C)CC=C2C.[Cl-].[Cl-]. The minimum absolute atomic E-state index is 0. The molecule has 0 spiro atoms. The topological polar surface area (TPSA) is 0 Å². The molecule has 3 heteroatoms. The Kier molecular flexibility index (Phi) is 10.8. The molecule has 0 radical (unpaired) electrons. The van der Waals surface area contributed by atoms with Gasteiger partial charge in [0.25, 0.3) is 0 Å². The van der Waals surface area contributed by atoms with E-state index in [0.29, 0.717) is 9.54 Å². The van der Waals surface area contributed by atoms with E-state index >= 15 is 0 Å². The van der Waals surface area contributed by atoms with Crippen LogP contribution in [0.25, 0.3) is 22.3 Å². The molecule has 1 unspecified atom stereocenters. The summed E-state index contributed by atoms with van der Waals surface area (Å²) >= 11 is -2.96. The number of halogens is 2. The van der Waals surface area contributed by atoms with Gasteiger partial charge in [0.05, 0.1) is 0 Å². The molecule has 0 nitrogen and oxygen atoms in total. The second-order valence-electron chi connectivity index (χ2n) is 18.1. The maximum atomic E-state index is 2.71. The number of allylic oxidation sites excluding steroid dienone is 8. The molecule has 0 N–H and O–H groups in total. The van der Waals surface area contributed by atoms with Crippen LogP contribution in [0.4, 0.5) is 0 Å². The van der Waals surface area contributed by atoms with Crippen LogP contribution in [0, 0.1) is 11.3 Å². The normalized spacial score (nSPS) is 19.0. The first kappa shape index (κ1) is 39.9. The van der Waals surface area contributed by atoms with E-state index in [1.165, 1.54) is 61.2 Å². The first-order valence-corrected chi connectivity index (χ1v) is 23.0. The van der Waals surface area contributed by atoms with Gasteiger partial charge < -0.3 is 24.8 Å². The molecular formula is C50H54Cl2Zr. The average Bonchev–Trinajstić information content (AvgIpc) is 3.64. The third-order valence-electron chi connectivity index (χ3n) is 12.5. The van der Waals surface area contributed by atoms with Crippen LogP contribution in [0.2, 0.25) is 0 Å². The summed E-state index contributed by atoms with van der Waals surface area (Å²) in [6, 6.07) is 33.6. The Balaban J connectivity index is 0.00000240. The number of benzene rings is 4. The zero-order chi connectivity index (χ0) is 36.0. The fourth-order valence-corrected chi connectivity index (χ4v) is 18.8. The molecule has 0 fully saturated rings. The summed E-state index contributed by atoms with van der Waals surface area (Å²) < 4.78 is 3.73. The molecule has 4 aliphatic carbocycles. The van der Waals surface area contributed by atoms with Crippen molar-refractivity contribution in [3.05, 3.63) is 163 Å². The summed E-state index contributed by atoms with van der Waals surface area (Å²) in [6.07, 6.45) is 12.4. The van der Waals surface area contributed by atoms with Crippen LogP contribution in [0.5, 0.6) is 0 Å². The molecule has 0 saturated heterocycles. The standard InChI is InChI=1S/C27H29.C13H10.C10H15.2ClH.Zr/c1-16-7-9-26(3,4)24-12-18-11-19-13-25-21(17(2)8-10-27(25,5)6)15-23(19)22(18)14-20(16)24;1-3-7-12(8-4-1)11-13-9-5-2-6-10-13;1-8-5-6-9(7-8)10(2,3)4;;;/h7-8,11-15H,9-10H2,1-6H3;1-10H;6-8H,1-4H3;2*1H;/q;;;;;+2/p-2. The van der Waals surface area contributed by atoms with Crippen molar-refractivity contribution >= 4 is 14.4 Å². The third-order valence-corrected chi connectivity index (χ3v) is 21.2. The number of hydrogen-bond donors (Lipinski definition) is 0. The van der Waals surface area contributed by atoms with Crippen LogP contribution in [0.3, 0.4) is 0 Å². The summed E-state index contributed by atoms with van der Waals surface area (Å²) in [5.41, 5.74) is 19.6. The Labute approximate surface area is 339 Å². The minimum atomic E-state index is -2.96. The minimum Gasteiger partial charge on any atom is -1.00 e. The first-order valence-electron chi connectivity index (χ1n) is 19.2. The van der Waals surface area contributed by atoms with Gasteiger partial charge in [-0.3, -0.25) is 0 Å². The Bertz CT molecular complexity index is 2120. The fraction of sp³-hybridized carbons (Fsp3) is 0.340. The number of fused-ring (bicyclic) bond motifs is 5. The van der Waals surface area contributed by atoms with Gasteiger partial charge in [-0.1, -0.05) is 0 Å². The summed E-state index contributed by atoms with van der Waals surface area (Å²) in [5, 5.41) is 0. The summed E-state index contributed by atoms with van der Waals surface area (Å²) in [6.45, 7) is 24.2. The predicted octanol–water partition coefficient (Wildman–Crippen LogP) is 7.33. The van der Waals surface area contributed by atoms with Crippen molar-refractivity contribution in [1.29, 1.82) is 0 Å². The van der Waals surface area contributed by atoms with Gasteiger partial charge in [-0.05, 0) is 0 Å². The molecular weight excluding hydrogens is 763 g/mol. The van der Waals surface area contributed by atoms with Crippen molar-refractivity contribution < 1.29 is 46.1 Å². The van der Waals surface area contributed by atoms with Crippen LogP contribution in [-0.4, -0.2) is 3.21 Å². The third kappa shape index (κ3) is 6.77. The summed E-state index contributed by atoms with van der Waals surface area (Å²) in [7, 11) is 0. The van der Waals surface area contributed by atoms with E-state index < -0.39 is 21.3 Å². The second kappa shape index (κ2) is 14.4. The van der Waals surface area contributed by atoms with E-state index in [0.717, 1.165) is 12.8 Å². The Hall–Kier alpha value is -2.83. The molecule has 1 atom stereocenters. The largest absolute Gasteiger partial charge is 1.00 e. The van der Waals surface area contributed by atoms with Gasteiger partial charge in [0.1, 0.15) is 0 Å². The Morgan fingerprint density at radius 1 is 0.642 bits per heavy atom. The van der Waals surface area contributed by atoms with E-state index in [1.54, 1.807) is 17.6 Å². The molecule has 272 valence electrons. The molecule has 0 amide bonds. The van der Waals surface area contributed by atoms with Crippen molar-refractivity contribution in [1.82, 2.24) is 0 Å². The monoisotopic (exact) mass is 814 g/mol. The van der Waals surface area contributed by atoms with E-state index in [-0.39, 0.29) is 41.1 Å². The van der Waals surface area contributed by atoms with E-state index in [9.17, 15) is 0 Å². The average molecular weight is 817 g/mol. The van der Waals surface area contributed by atoms with E-state index in [4.69, 9.17) is 0 Å². The molecule has 0 saturated carbocycles. The van der Waals surface area contributed by atoms with Crippen LogP contribution in [0.1, 0.15) is 130 Å². The zero-order valence-electron chi connectivity index (χ0n) is 33.2. The van der Waals surface area contributed by atoms with Gasteiger partial charge in [-0.25, -0.2) is 0 Å². The molecule has 4 aromatic rings. The Morgan fingerprint density at radius 2 is 1.08 bits per heavy atom. The van der Waals surface area contributed by atoms with Crippen molar-refractivity contribution in [2.75, 3.05) is 0 Å². The van der Waals surface area contributed by atoms with Crippen LogP contribution < -0.4 is 24.8 Å². The van der Waals surface area contributed by atoms with Gasteiger partial charge in [-0.2, -0.15) is 0 Å². The molecule has 0 aliphatic heterocycles. The maximum absolute atomic E-state index is 2.96. The van der Waals surface area contributed by atoms with Crippen molar-refractivity contribution in [3.8, 4) is 11.1 Å². The zero-order valence-corrected chi connectivity index (χ0v) is 37.2. The van der Waals surface area contributed by atoms with Crippen LogP contribution in [0.15, 0.2) is 118 Å². The van der Waals surface area contributed by atoms with Crippen molar-refractivity contribution in [2.24, 2.45) is 11.3 Å². The van der Waals surface area contributed by atoms with E-state index in [1.807, 2.05) is 0 Å². The maximum Gasteiger partial charge on any atom is -1.00 e. The molecule has 8 rings (SSSR count). The molecule has 4 aromatic carbocycles. The quantitative estimate of drug-likeness (QED) is 0.203. The fourth-order valence-electron chi connectivity index (χ4n) is 9.32.